The van der Waals surface area contributed by atoms with Crippen LogP contribution in [0.4, 0.5) is 13.2 Å². The number of carbonyl (C=O) groups is 2. The molecule has 0 atom stereocenters. The summed E-state index contributed by atoms with van der Waals surface area (Å²) in [5.74, 6) is -1.45. The minimum absolute atomic E-state index is 0.0888. The monoisotopic (exact) mass is 294 g/mol. The van der Waals surface area contributed by atoms with Crippen LogP contribution in [0.5, 0.6) is 0 Å². The van der Waals surface area contributed by atoms with Crippen molar-refractivity contribution in [3.05, 3.63) is 59.2 Å². The second-order valence-electron chi connectivity index (χ2n) is 4.35. The van der Waals surface area contributed by atoms with Gasteiger partial charge >= 0.3 is 12.1 Å². The largest absolute Gasteiger partial charge is 0.478 e. The Kier molecular flexibility index (Phi) is 3.80. The minimum atomic E-state index is -4.65. The molecule has 2 aromatic carbocycles. The fourth-order valence-corrected chi connectivity index (χ4v) is 1.87. The second-order valence-corrected chi connectivity index (χ2v) is 4.35. The van der Waals surface area contributed by atoms with Crippen molar-refractivity contribution in [1.82, 2.24) is 0 Å². The van der Waals surface area contributed by atoms with Crippen LogP contribution in [-0.2, 0) is 6.18 Å². The summed E-state index contributed by atoms with van der Waals surface area (Å²) in [6.45, 7) is 0. The van der Waals surface area contributed by atoms with Crippen LogP contribution in [0, 0.1) is 0 Å². The SMILES string of the molecule is O=Cc1cccc(-c2cc(C(=O)O)cc(C(F)(F)F)c2)c1. The van der Waals surface area contributed by atoms with E-state index in [1.54, 1.807) is 0 Å². The van der Waals surface area contributed by atoms with Gasteiger partial charge in [0.05, 0.1) is 11.1 Å². The van der Waals surface area contributed by atoms with Gasteiger partial charge in [-0.05, 0) is 35.4 Å². The number of aldehydes is 1. The zero-order valence-electron chi connectivity index (χ0n) is 10.5. The Labute approximate surface area is 117 Å². The quantitative estimate of drug-likeness (QED) is 0.874. The van der Waals surface area contributed by atoms with Crippen molar-refractivity contribution in [3.63, 3.8) is 0 Å². The standard InChI is InChI=1S/C15H9F3O3/c16-15(17,18)13-6-11(5-12(7-13)14(20)21)10-3-1-2-9(4-10)8-19/h1-8H,(H,20,21). The average molecular weight is 294 g/mol. The molecular formula is C15H9F3O3. The fraction of sp³-hybridized carbons (Fsp3) is 0.0667. The van der Waals surface area contributed by atoms with Crippen LogP contribution in [0.2, 0.25) is 0 Å². The van der Waals surface area contributed by atoms with Gasteiger partial charge in [0.15, 0.2) is 0 Å². The van der Waals surface area contributed by atoms with Gasteiger partial charge in [-0.25, -0.2) is 4.79 Å². The van der Waals surface area contributed by atoms with Gasteiger partial charge in [-0.1, -0.05) is 18.2 Å². The molecule has 0 heterocycles. The van der Waals surface area contributed by atoms with E-state index in [1.165, 1.54) is 24.3 Å². The highest BCUT2D eigenvalue weighted by atomic mass is 19.4. The Balaban J connectivity index is 2.64. The molecule has 2 aromatic rings. The molecular weight excluding hydrogens is 285 g/mol. The Morgan fingerprint density at radius 3 is 2.33 bits per heavy atom. The number of hydrogen-bond donors (Lipinski definition) is 1. The van der Waals surface area contributed by atoms with Crippen molar-refractivity contribution < 1.29 is 27.9 Å². The molecule has 1 N–H and O–H groups in total. The van der Waals surface area contributed by atoms with E-state index in [2.05, 4.69) is 0 Å². The third-order valence-electron chi connectivity index (χ3n) is 2.86. The lowest BCUT2D eigenvalue weighted by atomic mass is 9.98. The maximum absolute atomic E-state index is 12.8. The van der Waals surface area contributed by atoms with E-state index in [4.69, 9.17) is 5.11 Å². The molecule has 0 saturated carbocycles. The lowest BCUT2D eigenvalue weighted by Gasteiger charge is -2.11. The summed E-state index contributed by atoms with van der Waals surface area (Å²) in [5, 5.41) is 8.92. The van der Waals surface area contributed by atoms with Crippen LogP contribution in [0.15, 0.2) is 42.5 Å². The van der Waals surface area contributed by atoms with Gasteiger partial charge in [0.2, 0.25) is 0 Å². The van der Waals surface area contributed by atoms with Gasteiger partial charge in [-0.15, -0.1) is 0 Å². The predicted octanol–water partition coefficient (Wildman–Crippen LogP) is 3.88. The van der Waals surface area contributed by atoms with Crippen molar-refractivity contribution in [1.29, 1.82) is 0 Å². The third-order valence-corrected chi connectivity index (χ3v) is 2.86. The van der Waals surface area contributed by atoms with Crippen LogP contribution in [0.25, 0.3) is 11.1 Å². The van der Waals surface area contributed by atoms with Crippen molar-refractivity contribution in [2.75, 3.05) is 0 Å². The number of rotatable bonds is 3. The Morgan fingerprint density at radius 1 is 1.05 bits per heavy atom. The highest BCUT2D eigenvalue weighted by molar-refractivity contribution is 5.90. The maximum Gasteiger partial charge on any atom is 0.416 e. The summed E-state index contributed by atoms with van der Waals surface area (Å²) in [5.41, 5.74) is -0.786. The van der Waals surface area contributed by atoms with E-state index >= 15 is 0 Å². The van der Waals surface area contributed by atoms with Gasteiger partial charge in [-0.3, -0.25) is 4.79 Å². The van der Waals surface area contributed by atoms with E-state index in [0.717, 1.165) is 12.1 Å². The number of aromatic carboxylic acids is 1. The molecule has 108 valence electrons. The molecule has 21 heavy (non-hydrogen) atoms. The van der Waals surface area contributed by atoms with E-state index in [1.807, 2.05) is 0 Å². The molecule has 0 unspecified atom stereocenters. The number of alkyl halides is 3. The smallest absolute Gasteiger partial charge is 0.416 e. The molecule has 0 radical (unpaired) electrons. The number of hydrogen-bond acceptors (Lipinski definition) is 2. The molecule has 0 aliphatic carbocycles. The van der Waals surface area contributed by atoms with Crippen molar-refractivity contribution in [3.8, 4) is 11.1 Å². The summed E-state index contributed by atoms with van der Waals surface area (Å²) in [6.07, 6.45) is -4.09. The molecule has 0 spiro atoms. The van der Waals surface area contributed by atoms with Crippen molar-refractivity contribution >= 4 is 12.3 Å². The van der Waals surface area contributed by atoms with Crippen LogP contribution < -0.4 is 0 Å². The summed E-state index contributed by atoms with van der Waals surface area (Å²) in [6, 6.07) is 8.50. The van der Waals surface area contributed by atoms with E-state index < -0.39 is 23.3 Å². The molecule has 0 fully saturated rings. The molecule has 3 nitrogen and oxygen atoms in total. The van der Waals surface area contributed by atoms with Gasteiger partial charge in [0, 0.05) is 5.56 Å². The molecule has 0 aliphatic rings. The lowest BCUT2D eigenvalue weighted by molar-refractivity contribution is -0.137. The normalized spacial score (nSPS) is 11.2. The molecule has 0 bridgehead atoms. The molecule has 0 aromatic heterocycles. The lowest BCUT2D eigenvalue weighted by Crippen LogP contribution is -2.08. The summed E-state index contributed by atoms with van der Waals surface area (Å²) in [7, 11) is 0. The number of carboxylic acid groups (broad SMARTS) is 1. The topological polar surface area (TPSA) is 54.4 Å². The maximum atomic E-state index is 12.8. The van der Waals surface area contributed by atoms with Crippen molar-refractivity contribution in [2.45, 2.75) is 6.18 Å². The Bertz CT molecular complexity index is 706. The zero-order chi connectivity index (χ0) is 15.6. The first-order chi connectivity index (χ1) is 9.81. The van der Waals surface area contributed by atoms with Crippen LogP contribution in [0.1, 0.15) is 26.3 Å². The Morgan fingerprint density at radius 2 is 1.76 bits per heavy atom. The van der Waals surface area contributed by atoms with Gasteiger partial charge in [-0.2, -0.15) is 13.2 Å². The molecule has 6 heteroatoms. The highest BCUT2D eigenvalue weighted by Gasteiger charge is 2.31. The van der Waals surface area contributed by atoms with Crippen molar-refractivity contribution in [2.24, 2.45) is 0 Å². The van der Waals surface area contributed by atoms with Gasteiger partial charge in [0.25, 0.3) is 0 Å². The summed E-state index contributed by atoms with van der Waals surface area (Å²) in [4.78, 5) is 21.7. The Hall–Kier alpha value is -2.63. The first kappa shape index (κ1) is 14.8. The molecule has 0 saturated heterocycles. The molecule has 0 amide bonds. The van der Waals surface area contributed by atoms with Crippen LogP contribution in [-0.4, -0.2) is 17.4 Å². The predicted molar refractivity (Wildman–Crippen MR) is 69.2 cm³/mol. The highest BCUT2D eigenvalue weighted by Crippen LogP contribution is 2.33. The molecule has 0 aliphatic heterocycles. The second kappa shape index (κ2) is 5.40. The van der Waals surface area contributed by atoms with E-state index in [9.17, 15) is 22.8 Å². The summed E-state index contributed by atoms with van der Waals surface area (Å²) >= 11 is 0. The van der Waals surface area contributed by atoms with Gasteiger partial charge in [0.1, 0.15) is 6.29 Å². The number of carbonyl (C=O) groups excluding carboxylic acids is 1. The zero-order valence-corrected chi connectivity index (χ0v) is 10.5. The minimum Gasteiger partial charge on any atom is -0.478 e. The first-order valence-corrected chi connectivity index (χ1v) is 5.82. The summed E-state index contributed by atoms with van der Waals surface area (Å²) < 4.78 is 38.5. The first-order valence-electron chi connectivity index (χ1n) is 5.82. The fourth-order valence-electron chi connectivity index (χ4n) is 1.87. The van der Waals surface area contributed by atoms with Gasteiger partial charge < -0.3 is 5.11 Å². The number of carboxylic acids is 1. The van der Waals surface area contributed by atoms with Crippen LogP contribution >= 0.6 is 0 Å². The number of halogens is 3. The third kappa shape index (κ3) is 3.28. The van der Waals surface area contributed by atoms with E-state index in [0.29, 0.717) is 23.5 Å². The number of benzene rings is 2. The van der Waals surface area contributed by atoms with E-state index in [-0.39, 0.29) is 5.56 Å². The average Bonchev–Trinajstić information content (AvgIpc) is 2.46. The van der Waals surface area contributed by atoms with Crippen LogP contribution in [0.3, 0.4) is 0 Å². The molecule has 2 rings (SSSR count).